The van der Waals surface area contributed by atoms with E-state index >= 15 is 0 Å². The normalized spacial score (nSPS) is 7.62. The van der Waals surface area contributed by atoms with Gasteiger partial charge in [-0.1, -0.05) is 6.42 Å². The number of hydrogen-bond donors (Lipinski definition) is 0. The number of hydrogen-bond acceptors (Lipinski definition) is 2. The van der Waals surface area contributed by atoms with Gasteiger partial charge in [0.2, 0.25) is 0 Å². The Morgan fingerprint density at radius 3 is 2.25 bits per heavy atom. The molecule has 4 heteroatoms. The maximum atomic E-state index is 9.56. The number of rotatable bonds is 3. The Morgan fingerprint density at radius 2 is 2.12 bits per heavy atom. The van der Waals surface area contributed by atoms with Crippen molar-refractivity contribution >= 4 is 5.97 Å². The van der Waals surface area contributed by atoms with Crippen LogP contribution in [-0.2, 0) is 24.3 Å². The van der Waals surface area contributed by atoms with Crippen LogP contribution in [0, 0.1) is 0 Å². The second-order valence-corrected chi connectivity index (χ2v) is 1.23. The number of carbonyl (C=O) groups excluding carboxylic acids is 1. The molecule has 0 bridgehead atoms. The summed E-state index contributed by atoms with van der Waals surface area (Å²) in [4.78, 5) is 9.56. The molecule has 0 aliphatic heterocycles. The molecule has 0 spiro atoms. The van der Waals surface area contributed by atoms with Crippen molar-refractivity contribution in [3.63, 3.8) is 0 Å². The molecule has 0 unspecified atom stereocenters. The largest absolute Gasteiger partial charge is 2.00 e. The minimum Gasteiger partial charge on any atom is -0.677 e. The van der Waals surface area contributed by atoms with Crippen LogP contribution in [0.2, 0.25) is 0 Å². The fourth-order valence-electron chi connectivity index (χ4n) is 0.233. The first-order valence-electron chi connectivity index (χ1n) is 2.12. The standard InChI is InChI=1S/C4H8NO2.Zn/c5-3-1-2-4(6)7;/h5H,1-3H2,(H,6,7);/q-1;+2/p-1. The van der Waals surface area contributed by atoms with Gasteiger partial charge in [0.25, 0.3) is 0 Å². The van der Waals surface area contributed by atoms with Crippen LogP contribution >= 0.6 is 0 Å². The Morgan fingerprint density at radius 1 is 1.62 bits per heavy atom. The van der Waals surface area contributed by atoms with Gasteiger partial charge < -0.3 is 15.6 Å². The van der Waals surface area contributed by atoms with E-state index in [1.165, 1.54) is 0 Å². The molecule has 0 atom stereocenters. The molecular weight excluding hydrogens is 159 g/mol. The maximum Gasteiger partial charge on any atom is 2.00 e. The predicted molar refractivity (Wildman–Crippen MR) is 23.4 cm³/mol. The Kier molecular flexibility index (Phi) is 9.64. The molecule has 3 nitrogen and oxygen atoms in total. The molecule has 0 heterocycles. The van der Waals surface area contributed by atoms with Gasteiger partial charge in [-0.15, -0.1) is 0 Å². The molecule has 0 saturated heterocycles. The second kappa shape index (κ2) is 7.05. The number of aliphatic carboxylic acids is 1. The molecule has 0 radical (unpaired) electrons. The molecule has 1 N–H and O–H groups in total. The molecule has 0 aliphatic rings. The first-order chi connectivity index (χ1) is 3.27. The van der Waals surface area contributed by atoms with Gasteiger partial charge in [0.05, 0.1) is 0 Å². The number of nitrogens with one attached hydrogen (secondary N) is 1. The fraction of sp³-hybridized carbons (Fsp3) is 0.750. The van der Waals surface area contributed by atoms with E-state index in [1.54, 1.807) is 0 Å². The minimum absolute atomic E-state index is 0. The van der Waals surface area contributed by atoms with Crippen molar-refractivity contribution in [1.29, 1.82) is 0 Å². The van der Waals surface area contributed by atoms with Crippen LogP contribution in [0.5, 0.6) is 0 Å². The van der Waals surface area contributed by atoms with Crippen molar-refractivity contribution in [1.82, 2.24) is 0 Å². The Balaban J connectivity index is 0. The van der Waals surface area contributed by atoms with Gasteiger partial charge in [0.1, 0.15) is 0 Å². The monoisotopic (exact) mass is 165 g/mol. The first-order valence-corrected chi connectivity index (χ1v) is 2.12. The zero-order chi connectivity index (χ0) is 5.70. The van der Waals surface area contributed by atoms with E-state index in [4.69, 9.17) is 5.73 Å². The van der Waals surface area contributed by atoms with Gasteiger partial charge in [0.15, 0.2) is 0 Å². The fourth-order valence-corrected chi connectivity index (χ4v) is 0.233. The third-order valence-corrected chi connectivity index (χ3v) is 0.558. The smallest absolute Gasteiger partial charge is 0.677 e. The summed E-state index contributed by atoms with van der Waals surface area (Å²) in [5.41, 5.74) is 6.50. The van der Waals surface area contributed by atoms with Crippen LogP contribution in [0.3, 0.4) is 0 Å². The summed E-state index contributed by atoms with van der Waals surface area (Å²) >= 11 is 0. The molecule has 0 fully saturated rings. The van der Waals surface area contributed by atoms with Gasteiger partial charge in [0, 0.05) is 5.97 Å². The van der Waals surface area contributed by atoms with Gasteiger partial charge in [-0.2, -0.15) is 6.54 Å². The third kappa shape index (κ3) is 9.41. The quantitative estimate of drug-likeness (QED) is 0.534. The Bertz CT molecular complexity index is 67.1. The van der Waals surface area contributed by atoms with Crippen molar-refractivity contribution in [3.05, 3.63) is 5.73 Å². The van der Waals surface area contributed by atoms with E-state index < -0.39 is 5.97 Å². The summed E-state index contributed by atoms with van der Waals surface area (Å²) in [6.07, 6.45) is 0.422. The summed E-state index contributed by atoms with van der Waals surface area (Å²) in [5.74, 6) is -1.06. The number of carboxylic acids is 1. The summed E-state index contributed by atoms with van der Waals surface area (Å²) in [5, 5.41) is 9.56. The van der Waals surface area contributed by atoms with Crippen LogP contribution < -0.4 is 5.11 Å². The van der Waals surface area contributed by atoms with Gasteiger partial charge in [-0.05, 0) is 6.42 Å². The summed E-state index contributed by atoms with van der Waals surface area (Å²) in [7, 11) is 0. The van der Waals surface area contributed by atoms with E-state index in [9.17, 15) is 9.90 Å². The molecule has 42 valence electrons. The van der Waals surface area contributed by atoms with Gasteiger partial charge in [-0.3, -0.25) is 0 Å². The second-order valence-electron chi connectivity index (χ2n) is 1.23. The zero-order valence-corrected chi connectivity index (χ0v) is 7.61. The minimum atomic E-state index is -1.06. The molecular formula is C4H7NO2Zn. The molecule has 0 aliphatic carbocycles. The van der Waals surface area contributed by atoms with Crippen LogP contribution in [0.4, 0.5) is 0 Å². The topological polar surface area (TPSA) is 63.9 Å². The molecule has 0 aromatic heterocycles. The van der Waals surface area contributed by atoms with E-state index in [1.807, 2.05) is 0 Å². The van der Waals surface area contributed by atoms with Crippen LogP contribution in [-0.4, -0.2) is 12.5 Å². The number of carbonyl (C=O) groups is 1. The molecule has 0 amide bonds. The Hall–Kier alpha value is 0.0534. The molecule has 0 rings (SSSR count). The number of carboxylic acid groups (broad SMARTS) is 1. The van der Waals surface area contributed by atoms with Crippen LogP contribution in [0.25, 0.3) is 5.73 Å². The zero-order valence-electron chi connectivity index (χ0n) is 4.64. The van der Waals surface area contributed by atoms with E-state index in [0.717, 1.165) is 0 Å². The Labute approximate surface area is 61.0 Å². The predicted octanol–water partition coefficient (Wildman–Crippen LogP) is -0.434. The van der Waals surface area contributed by atoms with Crippen molar-refractivity contribution in [3.8, 4) is 0 Å². The van der Waals surface area contributed by atoms with Crippen molar-refractivity contribution < 1.29 is 29.4 Å². The third-order valence-electron chi connectivity index (χ3n) is 0.558. The van der Waals surface area contributed by atoms with Crippen LogP contribution in [0.1, 0.15) is 12.8 Å². The summed E-state index contributed by atoms with van der Waals surface area (Å²) in [6.45, 7) is 0.175. The van der Waals surface area contributed by atoms with Gasteiger partial charge in [-0.25, -0.2) is 0 Å². The summed E-state index contributed by atoms with van der Waals surface area (Å²) in [6, 6.07) is 0. The van der Waals surface area contributed by atoms with Crippen LogP contribution in [0.15, 0.2) is 0 Å². The van der Waals surface area contributed by atoms with E-state index in [0.29, 0.717) is 6.42 Å². The maximum absolute atomic E-state index is 9.56. The average Bonchev–Trinajstić information content (AvgIpc) is 1.61. The van der Waals surface area contributed by atoms with E-state index in [2.05, 4.69) is 0 Å². The molecule has 0 saturated carbocycles. The molecule has 0 aromatic rings. The average molecular weight is 166 g/mol. The molecule has 0 aromatic carbocycles. The van der Waals surface area contributed by atoms with Crippen molar-refractivity contribution in [2.45, 2.75) is 12.8 Å². The summed E-state index contributed by atoms with van der Waals surface area (Å²) < 4.78 is 0. The van der Waals surface area contributed by atoms with Crippen molar-refractivity contribution in [2.75, 3.05) is 6.54 Å². The first kappa shape index (κ1) is 10.9. The SMILES string of the molecule is [NH-]CCCC(=O)[O-].[Zn+2]. The van der Waals surface area contributed by atoms with E-state index in [-0.39, 0.29) is 32.4 Å². The van der Waals surface area contributed by atoms with Crippen molar-refractivity contribution in [2.24, 2.45) is 0 Å². The van der Waals surface area contributed by atoms with Gasteiger partial charge >= 0.3 is 19.5 Å². The molecule has 8 heavy (non-hydrogen) atoms.